The number of aryl methyl sites for hydroxylation is 1. The summed E-state index contributed by atoms with van der Waals surface area (Å²) in [5, 5.41) is 11.0. The largest absolute Gasteiger partial charge is 0.311 e. The van der Waals surface area contributed by atoms with Gasteiger partial charge < -0.3 is 5.32 Å². The van der Waals surface area contributed by atoms with Crippen molar-refractivity contribution in [3.63, 3.8) is 0 Å². The average Bonchev–Trinajstić information content (AvgIpc) is 2.97. The van der Waals surface area contributed by atoms with Crippen molar-refractivity contribution in [2.24, 2.45) is 0 Å². The van der Waals surface area contributed by atoms with Gasteiger partial charge in [0.1, 0.15) is 0 Å². The molecule has 2 heterocycles. The maximum atomic E-state index is 4.67. The lowest BCUT2D eigenvalue weighted by Gasteiger charge is -2.13. The molecule has 104 valence electrons. The van der Waals surface area contributed by atoms with Crippen molar-refractivity contribution in [3.05, 3.63) is 34.5 Å². The maximum Gasteiger partial charge on any atom is 0.0982 e. The fourth-order valence-corrected chi connectivity index (χ4v) is 2.66. The van der Waals surface area contributed by atoms with Crippen LogP contribution in [-0.4, -0.2) is 21.3 Å². The summed E-state index contributed by atoms with van der Waals surface area (Å²) < 4.78 is 1.96. The van der Waals surface area contributed by atoms with Crippen LogP contribution in [0, 0.1) is 0 Å². The Balaban J connectivity index is 1.67. The normalized spacial score (nSPS) is 11.9. The number of hydrogen-bond acceptors (Lipinski definition) is 4. The number of rotatable bonds is 6. The van der Waals surface area contributed by atoms with Gasteiger partial charge in [-0.3, -0.25) is 4.68 Å². The van der Waals surface area contributed by atoms with Crippen LogP contribution in [0.3, 0.4) is 0 Å². The molecule has 0 atom stereocenters. The number of nitrogens with one attached hydrogen (secondary N) is 1. The van der Waals surface area contributed by atoms with Crippen molar-refractivity contribution in [1.82, 2.24) is 20.1 Å². The highest BCUT2D eigenvalue weighted by atomic mass is 32.1. The summed E-state index contributed by atoms with van der Waals surface area (Å²) in [4.78, 5) is 4.67. The Labute approximate surface area is 118 Å². The van der Waals surface area contributed by atoms with Crippen LogP contribution < -0.4 is 5.32 Å². The van der Waals surface area contributed by atoms with Crippen LogP contribution in [-0.2, 0) is 18.5 Å². The van der Waals surface area contributed by atoms with Gasteiger partial charge in [-0.25, -0.2) is 4.98 Å². The van der Waals surface area contributed by atoms with E-state index in [1.54, 1.807) is 11.3 Å². The summed E-state index contributed by atoms with van der Waals surface area (Å²) in [5.41, 5.74) is 1.30. The molecule has 2 aromatic rings. The van der Waals surface area contributed by atoms with Gasteiger partial charge in [0, 0.05) is 36.3 Å². The van der Waals surface area contributed by atoms with E-state index in [1.807, 2.05) is 23.1 Å². The topological polar surface area (TPSA) is 42.7 Å². The van der Waals surface area contributed by atoms with Gasteiger partial charge in [0.2, 0.25) is 0 Å². The third-order valence-electron chi connectivity index (χ3n) is 2.80. The molecule has 0 aliphatic heterocycles. The summed E-state index contributed by atoms with van der Waals surface area (Å²) in [7, 11) is 0. The van der Waals surface area contributed by atoms with Gasteiger partial charge >= 0.3 is 0 Å². The van der Waals surface area contributed by atoms with Crippen LogP contribution in [0.4, 0.5) is 0 Å². The second-order valence-corrected chi connectivity index (χ2v) is 6.55. The van der Waals surface area contributed by atoms with E-state index < -0.39 is 0 Å². The summed E-state index contributed by atoms with van der Waals surface area (Å²) in [6.07, 6.45) is 4.89. The first kappa shape index (κ1) is 14.2. The fraction of sp³-hybridized carbons (Fsp3) is 0.571. The maximum absolute atomic E-state index is 4.67. The Bertz CT molecular complexity index is 482. The highest BCUT2D eigenvalue weighted by Crippen LogP contribution is 2.25. The van der Waals surface area contributed by atoms with Gasteiger partial charge in [0.05, 0.1) is 10.7 Å². The molecule has 1 N–H and O–H groups in total. The SMILES string of the molecule is CC(C)(C)c1nc(CNCCCn2cccn2)cs1. The fourth-order valence-electron chi connectivity index (χ4n) is 1.75. The molecule has 4 nitrogen and oxygen atoms in total. The monoisotopic (exact) mass is 278 g/mol. The zero-order valence-corrected chi connectivity index (χ0v) is 12.7. The van der Waals surface area contributed by atoms with E-state index in [9.17, 15) is 0 Å². The first-order chi connectivity index (χ1) is 9.05. The summed E-state index contributed by atoms with van der Waals surface area (Å²) in [6, 6.07) is 1.96. The van der Waals surface area contributed by atoms with Crippen molar-refractivity contribution in [2.45, 2.75) is 45.7 Å². The number of aromatic nitrogens is 3. The zero-order chi connectivity index (χ0) is 13.7. The second-order valence-electron chi connectivity index (χ2n) is 5.69. The molecule has 0 aliphatic rings. The van der Waals surface area contributed by atoms with Gasteiger partial charge in [-0.1, -0.05) is 20.8 Å². The van der Waals surface area contributed by atoms with E-state index in [0.717, 1.165) is 31.7 Å². The van der Waals surface area contributed by atoms with Crippen molar-refractivity contribution >= 4 is 11.3 Å². The van der Waals surface area contributed by atoms with E-state index in [2.05, 4.69) is 41.6 Å². The Morgan fingerprint density at radius 3 is 2.84 bits per heavy atom. The van der Waals surface area contributed by atoms with Gasteiger partial charge in [0.15, 0.2) is 0 Å². The molecular formula is C14H22N4S. The molecular weight excluding hydrogens is 256 g/mol. The van der Waals surface area contributed by atoms with Gasteiger partial charge in [-0.15, -0.1) is 11.3 Å². The van der Waals surface area contributed by atoms with Crippen molar-refractivity contribution in [3.8, 4) is 0 Å². The highest BCUT2D eigenvalue weighted by Gasteiger charge is 2.17. The van der Waals surface area contributed by atoms with Crippen molar-refractivity contribution in [1.29, 1.82) is 0 Å². The molecule has 0 spiro atoms. The minimum absolute atomic E-state index is 0.156. The van der Waals surface area contributed by atoms with E-state index in [-0.39, 0.29) is 5.41 Å². The molecule has 0 aromatic carbocycles. The molecule has 5 heteroatoms. The molecule has 0 fully saturated rings. The molecule has 2 aromatic heterocycles. The molecule has 0 saturated heterocycles. The van der Waals surface area contributed by atoms with Crippen LogP contribution in [0.15, 0.2) is 23.8 Å². The lowest BCUT2D eigenvalue weighted by molar-refractivity contribution is 0.539. The third kappa shape index (κ3) is 4.44. The van der Waals surface area contributed by atoms with E-state index in [1.165, 1.54) is 5.01 Å². The van der Waals surface area contributed by atoms with Gasteiger partial charge in [-0.05, 0) is 19.0 Å². The molecule has 2 rings (SSSR count). The predicted molar refractivity (Wildman–Crippen MR) is 79.4 cm³/mol. The number of hydrogen-bond donors (Lipinski definition) is 1. The summed E-state index contributed by atoms with van der Waals surface area (Å²) in [6.45, 7) is 9.41. The number of nitrogens with zero attached hydrogens (tertiary/aromatic N) is 3. The summed E-state index contributed by atoms with van der Waals surface area (Å²) >= 11 is 1.75. The van der Waals surface area contributed by atoms with E-state index >= 15 is 0 Å². The highest BCUT2D eigenvalue weighted by molar-refractivity contribution is 7.09. The summed E-state index contributed by atoms with van der Waals surface area (Å²) in [5.74, 6) is 0. The first-order valence-corrected chi connectivity index (χ1v) is 7.57. The van der Waals surface area contributed by atoms with E-state index in [0.29, 0.717) is 0 Å². The Kier molecular flexibility index (Phi) is 4.71. The molecule has 0 unspecified atom stereocenters. The van der Waals surface area contributed by atoms with E-state index in [4.69, 9.17) is 0 Å². The molecule has 0 radical (unpaired) electrons. The van der Waals surface area contributed by atoms with Crippen molar-refractivity contribution < 1.29 is 0 Å². The molecule has 19 heavy (non-hydrogen) atoms. The Morgan fingerprint density at radius 2 is 2.21 bits per heavy atom. The smallest absolute Gasteiger partial charge is 0.0982 e. The molecule has 0 aliphatic carbocycles. The van der Waals surface area contributed by atoms with Crippen LogP contribution >= 0.6 is 11.3 Å². The third-order valence-corrected chi connectivity index (χ3v) is 4.12. The van der Waals surface area contributed by atoms with Gasteiger partial charge in [-0.2, -0.15) is 5.10 Å². The first-order valence-electron chi connectivity index (χ1n) is 6.69. The predicted octanol–water partition coefficient (Wildman–Crippen LogP) is 2.82. The standard InChI is InChI=1S/C14H22N4S/c1-14(2,3)13-17-12(11-19-13)10-15-6-4-8-18-9-5-7-16-18/h5,7,9,11,15H,4,6,8,10H2,1-3H3. The quantitative estimate of drug-likeness (QED) is 0.826. The molecule has 0 bridgehead atoms. The average molecular weight is 278 g/mol. The molecule has 0 saturated carbocycles. The Hall–Kier alpha value is -1.20. The zero-order valence-electron chi connectivity index (χ0n) is 11.9. The van der Waals surface area contributed by atoms with Crippen LogP contribution in [0.5, 0.6) is 0 Å². The second kappa shape index (κ2) is 6.30. The van der Waals surface area contributed by atoms with Crippen LogP contribution in [0.2, 0.25) is 0 Å². The van der Waals surface area contributed by atoms with Crippen LogP contribution in [0.25, 0.3) is 0 Å². The lowest BCUT2D eigenvalue weighted by atomic mass is 9.98. The molecule has 0 amide bonds. The number of thiazole rings is 1. The van der Waals surface area contributed by atoms with Crippen LogP contribution in [0.1, 0.15) is 37.9 Å². The van der Waals surface area contributed by atoms with Gasteiger partial charge in [0.25, 0.3) is 0 Å². The Morgan fingerprint density at radius 1 is 1.37 bits per heavy atom. The lowest BCUT2D eigenvalue weighted by Crippen LogP contribution is -2.17. The minimum atomic E-state index is 0.156. The van der Waals surface area contributed by atoms with Crippen molar-refractivity contribution in [2.75, 3.05) is 6.54 Å². The minimum Gasteiger partial charge on any atom is -0.311 e.